The SMILES string of the molecule is C=Nc1scnc1/C(=C(\C)NC(=O)Nc1cnc(-n2nccn2)c(Cl)c1)N(C)C. The van der Waals surface area contributed by atoms with Crippen molar-refractivity contribution >= 4 is 52.1 Å². The molecule has 3 heterocycles. The Hall–Kier alpha value is -3.31. The van der Waals surface area contributed by atoms with E-state index in [1.807, 2.05) is 19.0 Å². The molecule has 0 saturated heterocycles. The van der Waals surface area contributed by atoms with Crippen molar-refractivity contribution in [3.63, 3.8) is 0 Å². The summed E-state index contributed by atoms with van der Waals surface area (Å²) in [5.41, 5.74) is 4.07. The van der Waals surface area contributed by atoms with Gasteiger partial charge < -0.3 is 15.5 Å². The molecule has 10 nitrogen and oxygen atoms in total. The molecule has 0 bridgehead atoms. The van der Waals surface area contributed by atoms with Crippen molar-refractivity contribution in [3.8, 4) is 5.82 Å². The average molecular weight is 432 g/mol. The number of nitrogens with one attached hydrogen (secondary N) is 2. The van der Waals surface area contributed by atoms with Crippen LogP contribution < -0.4 is 10.6 Å². The Kier molecular flexibility index (Phi) is 6.20. The molecule has 2 N–H and O–H groups in total. The smallest absolute Gasteiger partial charge is 0.323 e. The summed E-state index contributed by atoms with van der Waals surface area (Å²) in [6.45, 7) is 5.34. The van der Waals surface area contributed by atoms with Gasteiger partial charge in [-0.05, 0) is 19.7 Å². The van der Waals surface area contributed by atoms with E-state index in [4.69, 9.17) is 11.6 Å². The van der Waals surface area contributed by atoms with Gasteiger partial charge in [0.15, 0.2) is 5.82 Å². The van der Waals surface area contributed by atoms with Crippen LogP contribution in [0.15, 0.2) is 40.9 Å². The summed E-state index contributed by atoms with van der Waals surface area (Å²) in [7, 11) is 3.72. The Morgan fingerprint density at radius 2 is 2.03 bits per heavy atom. The topological polar surface area (TPSA) is 113 Å². The van der Waals surface area contributed by atoms with E-state index in [1.165, 1.54) is 34.7 Å². The lowest BCUT2D eigenvalue weighted by atomic mass is 10.2. The van der Waals surface area contributed by atoms with Crippen LogP contribution in [0.1, 0.15) is 12.6 Å². The van der Waals surface area contributed by atoms with Crippen molar-refractivity contribution in [2.75, 3.05) is 19.4 Å². The molecule has 150 valence electrons. The minimum absolute atomic E-state index is 0.296. The highest BCUT2D eigenvalue weighted by Gasteiger charge is 2.17. The Labute approximate surface area is 176 Å². The number of hydrogen-bond acceptors (Lipinski definition) is 8. The number of hydrogen-bond donors (Lipinski definition) is 2. The van der Waals surface area contributed by atoms with E-state index in [1.54, 1.807) is 18.5 Å². The highest BCUT2D eigenvalue weighted by atomic mass is 35.5. The second-order valence-electron chi connectivity index (χ2n) is 5.96. The fraction of sp³-hybridized carbons (Fsp3) is 0.176. The van der Waals surface area contributed by atoms with Gasteiger partial charge in [0.2, 0.25) is 0 Å². The molecule has 0 aliphatic rings. The number of aromatic nitrogens is 5. The van der Waals surface area contributed by atoms with Crippen molar-refractivity contribution in [2.24, 2.45) is 4.99 Å². The van der Waals surface area contributed by atoms with Crippen LogP contribution in [-0.2, 0) is 0 Å². The molecule has 12 heteroatoms. The molecule has 0 unspecified atom stereocenters. The summed E-state index contributed by atoms with van der Waals surface area (Å²) in [6, 6.07) is 1.12. The van der Waals surface area contributed by atoms with Gasteiger partial charge in [0.25, 0.3) is 0 Å². The van der Waals surface area contributed by atoms with Crippen molar-refractivity contribution in [2.45, 2.75) is 6.92 Å². The van der Waals surface area contributed by atoms with Crippen molar-refractivity contribution in [1.29, 1.82) is 0 Å². The molecule has 0 spiro atoms. The van der Waals surface area contributed by atoms with E-state index in [0.29, 0.717) is 32.9 Å². The molecule has 0 saturated carbocycles. The van der Waals surface area contributed by atoms with Gasteiger partial charge in [0.05, 0.1) is 40.5 Å². The number of rotatable bonds is 6. The van der Waals surface area contributed by atoms with Crippen LogP contribution in [0.2, 0.25) is 5.02 Å². The van der Waals surface area contributed by atoms with E-state index in [2.05, 4.69) is 42.5 Å². The number of halogens is 1. The van der Waals surface area contributed by atoms with Gasteiger partial charge in [-0.3, -0.25) is 4.99 Å². The van der Waals surface area contributed by atoms with Gasteiger partial charge in [-0.1, -0.05) is 11.6 Å². The Balaban J connectivity index is 1.78. The molecule has 3 aromatic rings. The van der Waals surface area contributed by atoms with Crippen LogP contribution in [0.3, 0.4) is 0 Å². The third-order valence-electron chi connectivity index (χ3n) is 3.71. The van der Waals surface area contributed by atoms with Gasteiger partial charge in [0.1, 0.15) is 10.7 Å². The first-order valence-corrected chi connectivity index (χ1v) is 9.55. The molecule has 0 radical (unpaired) electrons. The normalized spacial score (nSPS) is 11.6. The van der Waals surface area contributed by atoms with Crippen LogP contribution in [0.5, 0.6) is 0 Å². The quantitative estimate of drug-likeness (QED) is 0.579. The first-order valence-electron chi connectivity index (χ1n) is 8.29. The molecule has 3 aromatic heterocycles. The first kappa shape index (κ1) is 20.4. The molecule has 0 aromatic carbocycles. The van der Waals surface area contributed by atoms with Crippen molar-refractivity contribution in [1.82, 2.24) is 35.2 Å². The van der Waals surface area contributed by atoms with E-state index in [9.17, 15) is 4.79 Å². The minimum Gasteiger partial charge on any atom is -0.374 e. The highest BCUT2D eigenvalue weighted by Crippen LogP contribution is 2.31. The van der Waals surface area contributed by atoms with Crippen molar-refractivity contribution in [3.05, 3.63) is 46.6 Å². The van der Waals surface area contributed by atoms with Crippen LogP contribution in [0, 0.1) is 0 Å². The molecule has 0 fully saturated rings. The van der Waals surface area contributed by atoms with Gasteiger partial charge in [0, 0.05) is 19.8 Å². The summed E-state index contributed by atoms with van der Waals surface area (Å²) in [4.78, 5) is 28.1. The lowest BCUT2D eigenvalue weighted by Crippen LogP contribution is -2.29. The summed E-state index contributed by atoms with van der Waals surface area (Å²) in [6.07, 6.45) is 4.51. The number of allylic oxidation sites excluding steroid dienone is 1. The van der Waals surface area contributed by atoms with Gasteiger partial charge in [-0.2, -0.15) is 10.2 Å². The number of amides is 2. The third-order valence-corrected chi connectivity index (χ3v) is 4.74. The molecular weight excluding hydrogens is 414 g/mol. The predicted molar refractivity (Wildman–Crippen MR) is 114 cm³/mol. The highest BCUT2D eigenvalue weighted by molar-refractivity contribution is 7.13. The zero-order valence-corrected chi connectivity index (χ0v) is 17.5. The Morgan fingerprint density at radius 1 is 1.31 bits per heavy atom. The lowest BCUT2D eigenvalue weighted by Gasteiger charge is -2.20. The standard InChI is InChI=1S/C17H18ClN9OS/c1-10(14(26(3)4)13-16(19-2)29-9-21-13)24-17(28)25-11-7-12(18)15(20-8-11)27-22-5-6-23-27/h5-9H,2H2,1,3-4H3,(H2,24,25,28)/b14-10-. The summed E-state index contributed by atoms with van der Waals surface area (Å²) in [5, 5.41) is 14.4. The van der Waals surface area contributed by atoms with E-state index in [-0.39, 0.29) is 0 Å². The predicted octanol–water partition coefficient (Wildman–Crippen LogP) is 3.18. The van der Waals surface area contributed by atoms with Gasteiger partial charge >= 0.3 is 6.03 Å². The average Bonchev–Trinajstić information content (AvgIpc) is 3.33. The van der Waals surface area contributed by atoms with Crippen molar-refractivity contribution < 1.29 is 4.79 Å². The van der Waals surface area contributed by atoms with Crippen LogP contribution in [0.4, 0.5) is 15.5 Å². The fourth-order valence-electron chi connectivity index (χ4n) is 2.60. The number of pyridine rings is 1. The summed E-state index contributed by atoms with van der Waals surface area (Å²) < 4.78 is 0. The molecular formula is C17H18ClN9OS. The number of thiazole rings is 1. The number of anilines is 1. The molecule has 2 amide bonds. The summed E-state index contributed by atoms with van der Waals surface area (Å²) >= 11 is 7.60. The van der Waals surface area contributed by atoms with E-state index >= 15 is 0 Å². The van der Waals surface area contributed by atoms with Gasteiger partial charge in [-0.15, -0.1) is 16.1 Å². The monoisotopic (exact) mass is 431 g/mol. The maximum absolute atomic E-state index is 12.5. The van der Waals surface area contributed by atoms with Crippen LogP contribution in [-0.4, -0.2) is 56.7 Å². The molecule has 0 aliphatic heterocycles. The Bertz CT molecular complexity index is 1060. The second-order valence-corrected chi connectivity index (χ2v) is 7.20. The van der Waals surface area contributed by atoms with E-state index in [0.717, 1.165) is 5.70 Å². The maximum Gasteiger partial charge on any atom is 0.323 e. The maximum atomic E-state index is 12.5. The largest absolute Gasteiger partial charge is 0.374 e. The number of carbonyl (C=O) groups excluding carboxylic acids is 1. The minimum atomic E-state index is -0.451. The molecule has 29 heavy (non-hydrogen) atoms. The molecule has 0 aliphatic carbocycles. The summed E-state index contributed by atoms with van der Waals surface area (Å²) in [5.74, 6) is 0.363. The second kappa shape index (κ2) is 8.80. The first-order chi connectivity index (χ1) is 13.9. The zero-order valence-electron chi connectivity index (χ0n) is 15.9. The molecule has 0 atom stereocenters. The van der Waals surface area contributed by atoms with E-state index < -0.39 is 6.03 Å². The van der Waals surface area contributed by atoms with Crippen LogP contribution in [0.25, 0.3) is 11.5 Å². The van der Waals surface area contributed by atoms with Gasteiger partial charge in [-0.25, -0.2) is 14.8 Å². The fourth-order valence-corrected chi connectivity index (χ4v) is 3.44. The third kappa shape index (κ3) is 4.58. The lowest BCUT2D eigenvalue weighted by molar-refractivity contribution is 0.254. The zero-order chi connectivity index (χ0) is 21.0. The number of aliphatic imine (C=N–C) groups is 1. The Morgan fingerprint density at radius 3 is 2.66 bits per heavy atom. The molecule has 3 rings (SSSR count). The van der Waals surface area contributed by atoms with Crippen LogP contribution >= 0.6 is 22.9 Å². The number of urea groups is 1. The number of nitrogens with zero attached hydrogens (tertiary/aromatic N) is 7. The number of carbonyl (C=O) groups is 1.